The van der Waals surface area contributed by atoms with E-state index in [4.69, 9.17) is 9.47 Å². The van der Waals surface area contributed by atoms with Crippen LogP contribution in [-0.2, 0) is 21.1 Å². The van der Waals surface area contributed by atoms with Gasteiger partial charge in [0.15, 0.2) is 21.3 Å². The van der Waals surface area contributed by atoms with Crippen LogP contribution in [0, 0.1) is 0 Å². The summed E-state index contributed by atoms with van der Waals surface area (Å²) < 4.78 is 36.3. The number of carbonyl (C=O) groups excluding carboxylic acids is 1. The first-order chi connectivity index (χ1) is 15.4. The number of carbonyl (C=O) groups is 1. The van der Waals surface area contributed by atoms with Crippen LogP contribution in [0.1, 0.15) is 28.5 Å². The first kappa shape index (κ1) is 22.4. The van der Waals surface area contributed by atoms with Crippen molar-refractivity contribution >= 4 is 27.1 Å². The van der Waals surface area contributed by atoms with E-state index in [2.05, 4.69) is 0 Å². The van der Waals surface area contributed by atoms with Crippen molar-refractivity contribution in [2.45, 2.75) is 23.8 Å². The molecule has 0 aliphatic carbocycles. The third kappa shape index (κ3) is 4.38. The van der Waals surface area contributed by atoms with Gasteiger partial charge < -0.3 is 14.4 Å². The number of fused-ring (bicyclic) bond motifs is 1. The van der Waals surface area contributed by atoms with Gasteiger partial charge in [-0.2, -0.15) is 0 Å². The zero-order valence-corrected chi connectivity index (χ0v) is 19.6. The van der Waals surface area contributed by atoms with Crippen LogP contribution in [-0.4, -0.2) is 45.7 Å². The fourth-order valence-corrected chi connectivity index (χ4v) is 6.18. The van der Waals surface area contributed by atoms with E-state index in [1.54, 1.807) is 60.8 Å². The van der Waals surface area contributed by atoms with Crippen molar-refractivity contribution in [1.29, 1.82) is 0 Å². The zero-order valence-electron chi connectivity index (χ0n) is 18.0. The molecule has 0 spiro atoms. The van der Waals surface area contributed by atoms with Crippen molar-refractivity contribution in [3.63, 3.8) is 0 Å². The summed E-state index contributed by atoms with van der Waals surface area (Å²) in [6.45, 7) is 0.509. The van der Waals surface area contributed by atoms with Crippen LogP contribution < -0.4 is 9.47 Å². The van der Waals surface area contributed by atoms with Gasteiger partial charge in [0.2, 0.25) is 5.91 Å². The summed E-state index contributed by atoms with van der Waals surface area (Å²) in [6, 6.07) is 15.8. The van der Waals surface area contributed by atoms with Gasteiger partial charge in [-0.05, 0) is 53.3 Å². The number of nitrogens with zero attached hydrogens (tertiary/aromatic N) is 1. The quantitative estimate of drug-likeness (QED) is 0.519. The highest BCUT2D eigenvalue weighted by molar-refractivity contribution is 7.91. The number of methoxy groups -OCH3 is 2. The van der Waals surface area contributed by atoms with Gasteiger partial charge >= 0.3 is 0 Å². The Morgan fingerprint density at radius 1 is 1.06 bits per heavy atom. The van der Waals surface area contributed by atoms with E-state index < -0.39 is 9.84 Å². The lowest BCUT2D eigenvalue weighted by molar-refractivity contribution is -0.132. The minimum atomic E-state index is -3.53. The topological polar surface area (TPSA) is 72.9 Å². The lowest BCUT2D eigenvalue weighted by Crippen LogP contribution is -2.41. The summed E-state index contributed by atoms with van der Waals surface area (Å²) >= 11 is 1.57. The molecule has 1 aromatic heterocycles. The summed E-state index contributed by atoms with van der Waals surface area (Å²) in [5.74, 6) is 0.865. The number of hydrogen-bond donors (Lipinski definition) is 0. The second-order valence-corrected chi connectivity index (χ2v) is 10.6. The first-order valence-electron chi connectivity index (χ1n) is 10.3. The van der Waals surface area contributed by atoms with Crippen LogP contribution in [0.4, 0.5) is 0 Å². The molecule has 8 heteroatoms. The molecule has 0 bridgehead atoms. The lowest BCUT2D eigenvalue weighted by atomic mass is 9.90. The number of rotatable bonds is 7. The van der Waals surface area contributed by atoms with Crippen molar-refractivity contribution in [3.05, 3.63) is 76.0 Å². The van der Waals surface area contributed by atoms with Crippen LogP contribution in [0.2, 0.25) is 0 Å². The van der Waals surface area contributed by atoms with Gasteiger partial charge in [0.05, 0.1) is 30.9 Å². The first-order valence-corrected chi connectivity index (χ1v) is 12.8. The monoisotopic (exact) mass is 471 g/mol. The van der Waals surface area contributed by atoms with Gasteiger partial charge in [-0.25, -0.2) is 8.42 Å². The van der Waals surface area contributed by atoms with Gasteiger partial charge in [-0.3, -0.25) is 4.79 Å². The largest absolute Gasteiger partial charge is 0.493 e. The Balaban J connectivity index is 1.63. The molecule has 0 unspecified atom stereocenters. The van der Waals surface area contributed by atoms with Crippen LogP contribution in [0.15, 0.2) is 64.9 Å². The molecule has 2 aromatic carbocycles. The summed E-state index contributed by atoms with van der Waals surface area (Å²) in [7, 11) is -0.335. The predicted molar refractivity (Wildman–Crippen MR) is 124 cm³/mol. The molecule has 0 saturated carbocycles. The predicted octanol–water partition coefficient (Wildman–Crippen LogP) is 4.10. The van der Waals surface area contributed by atoms with E-state index in [1.165, 1.54) is 0 Å². The van der Waals surface area contributed by atoms with Gasteiger partial charge in [-0.1, -0.05) is 24.3 Å². The highest BCUT2D eigenvalue weighted by Crippen LogP contribution is 2.42. The SMILES string of the molecule is COc1cc2c(cc1OC)[C@H](c1cccs1)N(C(=O)CCS(=O)(=O)c1ccccc1)CC2. The van der Waals surface area contributed by atoms with Crippen molar-refractivity contribution in [1.82, 2.24) is 4.90 Å². The molecule has 1 amide bonds. The molecule has 1 atom stereocenters. The van der Waals surface area contributed by atoms with Crippen LogP contribution in [0.25, 0.3) is 0 Å². The Labute approximate surface area is 192 Å². The minimum Gasteiger partial charge on any atom is -0.493 e. The third-order valence-electron chi connectivity index (χ3n) is 5.69. The highest BCUT2D eigenvalue weighted by Gasteiger charge is 2.34. The smallest absolute Gasteiger partial charge is 0.224 e. The molecular weight excluding hydrogens is 446 g/mol. The molecule has 1 aliphatic rings. The average molecular weight is 472 g/mol. The second-order valence-electron chi connectivity index (χ2n) is 7.54. The summed E-state index contributed by atoms with van der Waals surface area (Å²) in [5.41, 5.74) is 2.08. The van der Waals surface area contributed by atoms with Crippen molar-refractivity contribution in [3.8, 4) is 11.5 Å². The van der Waals surface area contributed by atoms with Crippen molar-refractivity contribution in [2.75, 3.05) is 26.5 Å². The fourth-order valence-electron chi connectivity index (χ4n) is 4.08. The summed E-state index contributed by atoms with van der Waals surface area (Å²) in [4.78, 5) is 16.3. The molecule has 4 rings (SSSR count). The Kier molecular flexibility index (Phi) is 6.53. The molecule has 0 N–H and O–H groups in total. The number of hydrogen-bond acceptors (Lipinski definition) is 6. The summed E-state index contributed by atoms with van der Waals surface area (Å²) in [5, 5.41) is 1.98. The van der Waals surface area contributed by atoms with Gasteiger partial charge in [0, 0.05) is 17.8 Å². The maximum atomic E-state index is 13.3. The molecule has 2 heterocycles. The molecule has 0 saturated heterocycles. The second kappa shape index (κ2) is 9.34. The van der Waals surface area contributed by atoms with E-state index in [9.17, 15) is 13.2 Å². The molecule has 3 aromatic rings. The molecular formula is C24H25NO5S2. The number of benzene rings is 2. The Bertz CT molecular complexity index is 1190. The Morgan fingerprint density at radius 3 is 2.44 bits per heavy atom. The normalized spacial score (nSPS) is 15.8. The number of amides is 1. The van der Waals surface area contributed by atoms with E-state index in [-0.39, 0.29) is 29.0 Å². The van der Waals surface area contributed by atoms with E-state index >= 15 is 0 Å². The van der Waals surface area contributed by atoms with Crippen LogP contribution in [0.5, 0.6) is 11.5 Å². The standard InChI is InChI=1S/C24H25NO5S2/c1-29-20-15-17-10-12-25(23(26)11-14-32(27,28)18-7-4-3-5-8-18)24(22-9-6-13-31-22)19(17)16-21(20)30-2/h3-9,13,15-16,24H,10-12,14H2,1-2H3/t24-/m1/s1. The molecule has 32 heavy (non-hydrogen) atoms. The Morgan fingerprint density at radius 2 is 1.78 bits per heavy atom. The highest BCUT2D eigenvalue weighted by atomic mass is 32.2. The molecule has 168 valence electrons. The van der Waals surface area contributed by atoms with Crippen LogP contribution in [0.3, 0.4) is 0 Å². The molecule has 6 nitrogen and oxygen atoms in total. The van der Waals surface area contributed by atoms with Gasteiger partial charge in [-0.15, -0.1) is 11.3 Å². The molecule has 0 radical (unpaired) electrons. The lowest BCUT2D eigenvalue weighted by Gasteiger charge is -2.37. The fraction of sp³-hybridized carbons (Fsp3) is 0.292. The zero-order chi connectivity index (χ0) is 22.7. The summed E-state index contributed by atoms with van der Waals surface area (Å²) in [6.07, 6.45) is 0.594. The minimum absolute atomic E-state index is 0.0677. The van der Waals surface area contributed by atoms with E-state index in [1.807, 2.05) is 29.6 Å². The van der Waals surface area contributed by atoms with Gasteiger partial charge in [0.1, 0.15) is 0 Å². The van der Waals surface area contributed by atoms with Crippen molar-refractivity contribution < 1.29 is 22.7 Å². The van der Waals surface area contributed by atoms with E-state index in [0.717, 1.165) is 16.0 Å². The molecule has 0 fully saturated rings. The van der Waals surface area contributed by atoms with Gasteiger partial charge in [0.25, 0.3) is 0 Å². The molecule has 1 aliphatic heterocycles. The Hall–Kier alpha value is -2.84. The van der Waals surface area contributed by atoms with E-state index in [0.29, 0.717) is 24.5 Å². The third-order valence-corrected chi connectivity index (χ3v) is 8.35. The maximum Gasteiger partial charge on any atom is 0.224 e. The number of ether oxygens (including phenoxy) is 2. The number of sulfone groups is 1. The number of thiophene rings is 1. The van der Waals surface area contributed by atoms with Crippen molar-refractivity contribution in [2.24, 2.45) is 0 Å². The van der Waals surface area contributed by atoms with Crippen LogP contribution >= 0.6 is 11.3 Å². The average Bonchev–Trinajstić information content (AvgIpc) is 3.36. The maximum absolute atomic E-state index is 13.3.